The van der Waals surface area contributed by atoms with Crippen molar-refractivity contribution >= 4 is 23.2 Å². The standard InChI is InChI=1S/C27H33ClN10O3/c1-19(16-37-18-31-34-35-37)41-24-13-20(5-6-22(24)28)21-14-29-26(30-15-21)32-23-17-38(33-25(23)39)27(7-3-2-4-8-27)36-9-11-40-12-10-36/h5-6,13-15,17-19H,2-4,7-12,16H2,1H3,(H,33,39)(H,29,30,32). The van der Waals surface area contributed by atoms with Crippen LogP contribution in [0.1, 0.15) is 39.0 Å². The second-order valence-electron chi connectivity index (χ2n) is 10.5. The summed E-state index contributed by atoms with van der Waals surface area (Å²) >= 11 is 6.40. The summed E-state index contributed by atoms with van der Waals surface area (Å²) in [6, 6.07) is 5.51. The van der Waals surface area contributed by atoms with Crippen LogP contribution in [0.5, 0.6) is 5.75 Å². The van der Waals surface area contributed by atoms with Crippen LogP contribution < -0.4 is 15.6 Å². The molecule has 0 bridgehead atoms. The van der Waals surface area contributed by atoms with E-state index in [4.69, 9.17) is 21.1 Å². The highest BCUT2D eigenvalue weighted by Gasteiger charge is 2.41. The van der Waals surface area contributed by atoms with Crippen LogP contribution in [0.3, 0.4) is 0 Å². The van der Waals surface area contributed by atoms with Gasteiger partial charge < -0.3 is 14.8 Å². The minimum Gasteiger partial charge on any atom is -0.487 e. The molecule has 0 radical (unpaired) electrons. The van der Waals surface area contributed by atoms with E-state index in [0.29, 0.717) is 42.2 Å². The molecule has 0 amide bonds. The van der Waals surface area contributed by atoms with Gasteiger partial charge in [0.2, 0.25) is 5.95 Å². The van der Waals surface area contributed by atoms with Gasteiger partial charge in [-0.2, -0.15) is 0 Å². The fourth-order valence-corrected chi connectivity index (χ4v) is 5.89. The van der Waals surface area contributed by atoms with Gasteiger partial charge in [-0.05, 0) is 60.7 Å². The average molecular weight is 581 g/mol. The number of tetrazole rings is 1. The summed E-state index contributed by atoms with van der Waals surface area (Å²) in [5, 5.41) is 17.8. The molecule has 1 aliphatic heterocycles. The van der Waals surface area contributed by atoms with Crippen LogP contribution in [0, 0.1) is 0 Å². The second-order valence-corrected chi connectivity index (χ2v) is 10.9. The summed E-state index contributed by atoms with van der Waals surface area (Å²) in [6.45, 7) is 5.51. The number of halogens is 1. The molecule has 216 valence electrons. The number of hydrogen-bond acceptors (Lipinski definition) is 10. The number of benzene rings is 1. The molecule has 1 unspecified atom stereocenters. The maximum atomic E-state index is 13.0. The van der Waals surface area contributed by atoms with Gasteiger partial charge >= 0.3 is 0 Å². The van der Waals surface area contributed by atoms with Crippen LogP contribution in [0.2, 0.25) is 5.02 Å². The fraction of sp³-hybridized carbons (Fsp3) is 0.481. The fourth-order valence-electron chi connectivity index (χ4n) is 5.73. The van der Waals surface area contributed by atoms with E-state index >= 15 is 0 Å². The first-order valence-electron chi connectivity index (χ1n) is 13.9. The molecule has 1 aliphatic carbocycles. The summed E-state index contributed by atoms with van der Waals surface area (Å²) in [5.74, 6) is 0.873. The van der Waals surface area contributed by atoms with Crippen LogP contribution in [-0.4, -0.2) is 77.3 Å². The lowest BCUT2D eigenvalue weighted by Crippen LogP contribution is -2.56. The van der Waals surface area contributed by atoms with Crippen molar-refractivity contribution in [3.63, 3.8) is 0 Å². The minimum absolute atomic E-state index is 0.203. The van der Waals surface area contributed by atoms with E-state index in [2.05, 4.69) is 40.8 Å². The van der Waals surface area contributed by atoms with Gasteiger partial charge in [0.25, 0.3) is 5.56 Å². The lowest BCUT2D eigenvalue weighted by atomic mass is 9.87. The Morgan fingerprint density at radius 1 is 1.15 bits per heavy atom. The topological polar surface area (TPSA) is 141 Å². The van der Waals surface area contributed by atoms with E-state index < -0.39 is 0 Å². The number of nitrogens with one attached hydrogen (secondary N) is 2. The molecule has 2 aliphatic rings. The van der Waals surface area contributed by atoms with Crippen molar-refractivity contribution in [1.82, 2.24) is 44.9 Å². The van der Waals surface area contributed by atoms with Crippen LogP contribution in [0.4, 0.5) is 11.6 Å². The van der Waals surface area contributed by atoms with E-state index in [0.717, 1.165) is 49.9 Å². The molecule has 3 aromatic heterocycles. The summed E-state index contributed by atoms with van der Waals surface area (Å²) in [5.41, 5.74) is 1.59. The molecule has 2 N–H and O–H groups in total. The number of aromatic amines is 1. The maximum Gasteiger partial charge on any atom is 0.287 e. The lowest BCUT2D eigenvalue weighted by molar-refractivity contribution is -0.0834. The number of nitrogens with zero attached hydrogens (tertiary/aromatic N) is 8. The third kappa shape index (κ3) is 5.97. The first kappa shape index (κ1) is 27.4. The van der Waals surface area contributed by atoms with Crippen molar-refractivity contribution in [3.05, 3.63) is 58.5 Å². The van der Waals surface area contributed by atoms with E-state index in [-0.39, 0.29) is 17.3 Å². The van der Waals surface area contributed by atoms with Crippen LogP contribution >= 0.6 is 11.6 Å². The molecule has 0 spiro atoms. The van der Waals surface area contributed by atoms with Crippen molar-refractivity contribution in [1.29, 1.82) is 0 Å². The zero-order valence-corrected chi connectivity index (χ0v) is 23.6. The SMILES string of the molecule is CC(Cn1cnnn1)Oc1cc(-c2cnc(Nc3cn(C4(N5CCOCC5)CCCCC4)[nH]c3=O)nc2)ccc1Cl. The molecule has 2 fully saturated rings. The Hall–Kier alpha value is -3.81. The van der Waals surface area contributed by atoms with Gasteiger partial charge in [-0.1, -0.05) is 24.1 Å². The molecule has 6 rings (SSSR count). The smallest absolute Gasteiger partial charge is 0.287 e. The number of hydrogen-bond donors (Lipinski definition) is 2. The van der Waals surface area contributed by atoms with E-state index in [1.165, 1.54) is 12.7 Å². The van der Waals surface area contributed by atoms with Crippen LogP contribution in [0.25, 0.3) is 11.1 Å². The van der Waals surface area contributed by atoms with Gasteiger partial charge in [-0.25, -0.2) is 14.6 Å². The van der Waals surface area contributed by atoms with Crippen molar-refractivity contribution in [3.8, 4) is 16.9 Å². The third-order valence-electron chi connectivity index (χ3n) is 7.75. The number of aromatic nitrogens is 8. The maximum absolute atomic E-state index is 13.0. The van der Waals surface area contributed by atoms with Gasteiger partial charge in [-0.3, -0.25) is 19.5 Å². The summed E-state index contributed by atoms with van der Waals surface area (Å²) in [7, 11) is 0. The Labute approximate surface area is 241 Å². The van der Waals surface area contributed by atoms with Crippen molar-refractivity contribution < 1.29 is 9.47 Å². The largest absolute Gasteiger partial charge is 0.487 e. The van der Waals surface area contributed by atoms with Crippen molar-refractivity contribution in [2.24, 2.45) is 0 Å². The van der Waals surface area contributed by atoms with Crippen LogP contribution in [-0.2, 0) is 16.9 Å². The highest BCUT2D eigenvalue weighted by atomic mass is 35.5. The second kappa shape index (κ2) is 12.0. The quantitative estimate of drug-likeness (QED) is 0.302. The van der Waals surface area contributed by atoms with Crippen molar-refractivity contribution in [2.45, 2.75) is 57.3 Å². The monoisotopic (exact) mass is 580 g/mol. The molecule has 1 saturated carbocycles. The molecule has 13 nitrogen and oxygen atoms in total. The first-order valence-corrected chi connectivity index (χ1v) is 14.3. The minimum atomic E-state index is -0.246. The number of ether oxygens (including phenoxy) is 2. The van der Waals surface area contributed by atoms with E-state index in [1.807, 2.05) is 29.9 Å². The molecule has 1 atom stereocenters. The van der Waals surface area contributed by atoms with Crippen molar-refractivity contribution in [2.75, 3.05) is 31.6 Å². The first-order chi connectivity index (χ1) is 20.0. The highest BCUT2D eigenvalue weighted by Crippen LogP contribution is 2.38. The average Bonchev–Trinajstić information content (AvgIpc) is 3.65. The number of rotatable bonds is 9. The zero-order chi connectivity index (χ0) is 28.2. The van der Waals surface area contributed by atoms with Gasteiger partial charge in [0.05, 0.1) is 31.0 Å². The summed E-state index contributed by atoms with van der Waals surface area (Å²) in [6.07, 6.45) is 12.0. The van der Waals surface area contributed by atoms with Gasteiger partial charge in [0.15, 0.2) is 0 Å². The molecule has 1 aromatic carbocycles. The lowest BCUT2D eigenvalue weighted by Gasteiger charge is -2.48. The number of H-pyrrole nitrogens is 1. The molecular weight excluding hydrogens is 548 g/mol. The molecule has 4 aromatic rings. The van der Waals surface area contributed by atoms with Crippen LogP contribution in [0.15, 0.2) is 47.9 Å². The number of anilines is 2. The van der Waals surface area contributed by atoms with E-state index in [9.17, 15) is 4.79 Å². The molecule has 41 heavy (non-hydrogen) atoms. The predicted octanol–water partition coefficient (Wildman–Crippen LogP) is 3.43. The van der Waals surface area contributed by atoms with E-state index in [1.54, 1.807) is 23.1 Å². The Morgan fingerprint density at radius 2 is 1.93 bits per heavy atom. The molecule has 4 heterocycles. The molecular formula is C27H33ClN10O3. The Bertz CT molecular complexity index is 1490. The van der Waals surface area contributed by atoms with Gasteiger partial charge in [-0.15, -0.1) is 5.10 Å². The normalized spacial score (nSPS) is 18.2. The third-order valence-corrected chi connectivity index (χ3v) is 8.07. The zero-order valence-electron chi connectivity index (χ0n) is 22.9. The van der Waals surface area contributed by atoms with Gasteiger partial charge in [0.1, 0.15) is 29.5 Å². The highest BCUT2D eigenvalue weighted by molar-refractivity contribution is 6.32. The molecule has 1 saturated heterocycles. The predicted molar refractivity (Wildman–Crippen MR) is 152 cm³/mol. The van der Waals surface area contributed by atoms with Gasteiger partial charge in [0, 0.05) is 31.0 Å². The summed E-state index contributed by atoms with van der Waals surface area (Å²) in [4.78, 5) is 24.4. The molecule has 14 heteroatoms. The summed E-state index contributed by atoms with van der Waals surface area (Å²) < 4.78 is 15.2. The number of morpholine rings is 1. The Morgan fingerprint density at radius 3 is 2.66 bits per heavy atom. The Balaban J connectivity index is 1.17. The Kier molecular flexibility index (Phi) is 7.99.